The van der Waals surface area contributed by atoms with Crippen molar-refractivity contribution in [2.45, 2.75) is 0 Å². The third kappa shape index (κ3) is 2.20. The molecule has 0 radical (unpaired) electrons. The highest BCUT2D eigenvalue weighted by atomic mass is 79.9. The molecule has 1 heterocycles. The topological polar surface area (TPSA) is 32.9 Å². The second kappa shape index (κ2) is 4.83. The normalized spacial score (nSPS) is 10.8. The van der Waals surface area contributed by atoms with E-state index in [4.69, 9.17) is 11.6 Å². The maximum Gasteiger partial charge on any atom is 0.152 e. The Morgan fingerprint density at radius 1 is 1.11 bits per heavy atom. The molecule has 0 spiro atoms. The summed E-state index contributed by atoms with van der Waals surface area (Å²) < 4.78 is 0.949. The van der Waals surface area contributed by atoms with Crippen molar-refractivity contribution in [3.8, 4) is 11.3 Å². The molecule has 0 amide bonds. The first-order chi connectivity index (χ1) is 9.19. The van der Waals surface area contributed by atoms with Crippen LogP contribution in [0.3, 0.4) is 0 Å². The summed E-state index contributed by atoms with van der Waals surface area (Å²) in [6.45, 7) is 0. The number of aromatic nitrogens is 1. The van der Waals surface area contributed by atoms with Crippen LogP contribution >= 0.6 is 27.5 Å². The maximum absolute atomic E-state index is 11.4. The van der Waals surface area contributed by atoms with Gasteiger partial charge < -0.3 is 4.98 Å². The number of hydrogen-bond acceptors (Lipinski definition) is 1. The van der Waals surface area contributed by atoms with Crippen LogP contribution in [0.4, 0.5) is 0 Å². The van der Waals surface area contributed by atoms with Gasteiger partial charge >= 0.3 is 0 Å². The number of nitrogens with one attached hydrogen (secondary N) is 1. The van der Waals surface area contributed by atoms with Crippen LogP contribution in [0, 0.1) is 0 Å². The zero-order chi connectivity index (χ0) is 13.4. The lowest BCUT2D eigenvalue weighted by Gasteiger charge is -1.99. The van der Waals surface area contributed by atoms with Crippen molar-refractivity contribution in [1.29, 1.82) is 0 Å². The van der Waals surface area contributed by atoms with Crippen LogP contribution in [0.25, 0.3) is 22.2 Å². The molecule has 0 aliphatic heterocycles. The fourth-order valence-corrected chi connectivity index (χ4v) is 2.64. The molecule has 2 nitrogen and oxygen atoms in total. The molecule has 1 aromatic heterocycles. The molecule has 0 atom stereocenters. The van der Waals surface area contributed by atoms with Crippen molar-refractivity contribution in [2.75, 3.05) is 0 Å². The summed E-state index contributed by atoms with van der Waals surface area (Å²) in [5.41, 5.74) is 3.37. The van der Waals surface area contributed by atoms with Crippen LogP contribution in [-0.4, -0.2) is 11.3 Å². The number of aldehydes is 1. The van der Waals surface area contributed by atoms with Crippen LogP contribution in [0.1, 0.15) is 10.4 Å². The van der Waals surface area contributed by atoms with Gasteiger partial charge in [0.15, 0.2) is 6.29 Å². The number of H-pyrrole nitrogens is 1. The summed E-state index contributed by atoms with van der Waals surface area (Å²) in [7, 11) is 0. The molecule has 0 aliphatic carbocycles. The molecule has 0 bridgehead atoms. The van der Waals surface area contributed by atoms with E-state index in [0.29, 0.717) is 10.6 Å². The van der Waals surface area contributed by atoms with Gasteiger partial charge in [-0.05, 0) is 35.9 Å². The fourth-order valence-electron chi connectivity index (χ4n) is 2.15. The van der Waals surface area contributed by atoms with Gasteiger partial charge in [-0.2, -0.15) is 0 Å². The summed E-state index contributed by atoms with van der Waals surface area (Å²) >= 11 is 9.31. The highest BCUT2D eigenvalue weighted by Crippen LogP contribution is 2.31. The van der Waals surface area contributed by atoms with E-state index in [0.717, 1.165) is 32.9 Å². The molecule has 0 saturated heterocycles. The van der Waals surface area contributed by atoms with Crippen molar-refractivity contribution < 1.29 is 4.79 Å². The monoisotopic (exact) mass is 333 g/mol. The SMILES string of the molecule is O=Cc1c(-c2ccc(Cl)cc2)[nH]c2ccc(Br)cc12. The average molecular weight is 335 g/mol. The van der Waals surface area contributed by atoms with Crippen molar-refractivity contribution >= 4 is 44.7 Å². The lowest BCUT2D eigenvalue weighted by atomic mass is 10.1. The second-order valence-corrected chi connectivity index (χ2v) is 5.58. The smallest absolute Gasteiger partial charge is 0.152 e. The Bertz CT molecular complexity index is 762. The Morgan fingerprint density at radius 3 is 2.53 bits per heavy atom. The number of fused-ring (bicyclic) bond motifs is 1. The van der Waals surface area contributed by atoms with Crippen molar-refractivity contribution in [3.05, 3.63) is 57.5 Å². The van der Waals surface area contributed by atoms with Gasteiger partial charge in [0.1, 0.15) is 0 Å². The molecule has 94 valence electrons. The predicted molar refractivity (Wildman–Crippen MR) is 81.8 cm³/mol. The number of carbonyl (C=O) groups is 1. The van der Waals surface area contributed by atoms with Gasteiger partial charge in [-0.3, -0.25) is 4.79 Å². The first-order valence-corrected chi connectivity index (χ1v) is 6.88. The van der Waals surface area contributed by atoms with E-state index < -0.39 is 0 Å². The van der Waals surface area contributed by atoms with E-state index in [1.165, 1.54) is 0 Å². The van der Waals surface area contributed by atoms with Gasteiger partial charge in [-0.1, -0.05) is 39.7 Å². The van der Waals surface area contributed by atoms with E-state index in [1.54, 1.807) is 0 Å². The lowest BCUT2D eigenvalue weighted by Crippen LogP contribution is -1.84. The van der Waals surface area contributed by atoms with E-state index in [9.17, 15) is 4.79 Å². The van der Waals surface area contributed by atoms with Gasteiger partial charge in [0.25, 0.3) is 0 Å². The minimum Gasteiger partial charge on any atom is -0.354 e. The number of benzene rings is 2. The van der Waals surface area contributed by atoms with E-state index >= 15 is 0 Å². The summed E-state index contributed by atoms with van der Waals surface area (Å²) in [5, 5.41) is 1.59. The first-order valence-electron chi connectivity index (χ1n) is 5.71. The third-order valence-electron chi connectivity index (χ3n) is 3.05. The highest BCUT2D eigenvalue weighted by molar-refractivity contribution is 9.10. The molecule has 0 fully saturated rings. The van der Waals surface area contributed by atoms with Crippen LogP contribution in [0.15, 0.2) is 46.9 Å². The molecular formula is C15H9BrClNO. The van der Waals surface area contributed by atoms with Crippen molar-refractivity contribution in [3.63, 3.8) is 0 Å². The quantitative estimate of drug-likeness (QED) is 0.653. The van der Waals surface area contributed by atoms with E-state index in [2.05, 4.69) is 20.9 Å². The van der Waals surface area contributed by atoms with Gasteiger partial charge in [-0.25, -0.2) is 0 Å². The number of halogens is 2. The van der Waals surface area contributed by atoms with E-state index in [-0.39, 0.29) is 0 Å². The van der Waals surface area contributed by atoms with Gasteiger partial charge in [0.2, 0.25) is 0 Å². The van der Waals surface area contributed by atoms with Crippen LogP contribution in [-0.2, 0) is 0 Å². The Kier molecular flexibility index (Phi) is 3.17. The number of rotatable bonds is 2. The molecule has 3 rings (SSSR count). The Balaban J connectivity index is 2.28. The molecular weight excluding hydrogens is 326 g/mol. The Labute approximate surface area is 123 Å². The highest BCUT2D eigenvalue weighted by Gasteiger charge is 2.12. The summed E-state index contributed by atoms with van der Waals surface area (Å²) in [6, 6.07) is 13.3. The maximum atomic E-state index is 11.4. The number of carbonyl (C=O) groups excluding carboxylic acids is 1. The minimum absolute atomic E-state index is 0.665. The number of aromatic amines is 1. The molecule has 3 aromatic rings. The second-order valence-electron chi connectivity index (χ2n) is 4.23. The molecule has 2 aromatic carbocycles. The summed E-state index contributed by atoms with van der Waals surface area (Å²) in [6.07, 6.45) is 0.884. The van der Waals surface area contributed by atoms with E-state index in [1.807, 2.05) is 42.5 Å². The lowest BCUT2D eigenvalue weighted by molar-refractivity contribution is 0.112. The molecule has 1 N–H and O–H groups in total. The first kappa shape index (κ1) is 12.5. The summed E-state index contributed by atoms with van der Waals surface area (Å²) in [4.78, 5) is 14.7. The third-order valence-corrected chi connectivity index (χ3v) is 3.80. The van der Waals surface area contributed by atoms with Crippen LogP contribution < -0.4 is 0 Å². The van der Waals surface area contributed by atoms with Gasteiger partial charge in [0.05, 0.1) is 5.69 Å². The minimum atomic E-state index is 0.665. The summed E-state index contributed by atoms with van der Waals surface area (Å²) in [5.74, 6) is 0. The van der Waals surface area contributed by atoms with Gasteiger partial charge in [0, 0.05) is 26.0 Å². The molecule has 19 heavy (non-hydrogen) atoms. The predicted octanol–water partition coefficient (Wildman–Crippen LogP) is 5.06. The Hall–Kier alpha value is -1.58. The largest absolute Gasteiger partial charge is 0.354 e. The molecule has 4 heteroatoms. The zero-order valence-corrected chi connectivity index (χ0v) is 12.1. The number of hydrogen-bond donors (Lipinski definition) is 1. The molecule has 0 saturated carbocycles. The van der Waals surface area contributed by atoms with Crippen LogP contribution in [0.2, 0.25) is 5.02 Å². The van der Waals surface area contributed by atoms with Crippen molar-refractivity contribution in [1.82, 2.24) is 4.98 Å². The average Bonchev–Trinajstić information content (AvgIpc) is 2.77. The Morgan fingerprint density at radius 2 is 1.84 bits per heavy atom. The standard InChI is InChI=1S/C15H9BrClNO/c16-10-3-6-14-12(7-10)13(8-19)15(18-14)9-1-4-11(17)5-2-9/h1-8,18H. The van der Waals surface area contributed by atoms with Crippen LogP contribution in [0.5, 0.6) is 0 Å². The molecule has 0 aliphatic rings. The molecule has 0 unspecified atom stereocenters. The van der Waals surface area contributed by atoms with Crippen molar-refractivity contribution in [2.24, 2.45) is 0 Å². The van der Waals surface area contributed by atoms with Gasteiger partial charge in [-0.15, -0.1) is 0 Å². The zero-order valence-electron chi connectivity index (χ0n) is 9.78. The fraction of sp³-hybridized carbons (Fsp3) is 0.